The molecule has 1 unspecified atom stereocenters. The predicted octanol–water partition coefficient (Wildman–Crippen LogP) is 11.5. The summed E-state index contributed by atoms with van der Waals surface area (Å²) in [4.78, 5) is 2.81. The van der Waals surface area contributed by atoms with E-state index >= 15 is 0 Å². The number of hydrogen-bond acceptors (Lipinski definition) is 1. The Morgan fingerprint density at radius 3 is 1.29 bits per heavy atom. The van der Waals surface area contributed by atoms with Crippen LogP contribution in [-0.4, -0.2) is 24.5 Å². The number of piperidine rings is 1. The maximum Gasteiger partial charge on any atom is 0.000966 e. The van der Waals surface area contributed by atoms with Gasteiger partial charge in [0.1, 0.15) is 0 Å². The number of nitrogens with zero attached hydrogens (tertiary/aromatic N) is 1. The van der Waals surface area contributed by atoms with Gasteiger partial charge in [-0.3, -0.25) is 0 Å². The van der Waals surface area contributed by atoms with Crippen molar-refractivity contribution in [1.29, 1.82) is 0 Å². The standard InChI is InChI=1S/C33H67N/c1-3-5-7-9-11-13-15-17-19-21-23-25-28-33-29-27-31-34(32-33)30-26-24-22-20-18-16-14-12-10-8-6-4-2/h33H,3-32H2,1-2H3. The van der Waals surface area contributed by atoms with Gasteiger partial charge < -0.3 is 4.90 Å². The number of likely N-dealkylation sites (tertiary alicyclic amines) is 1. The van der Waals surface area contributed by atoms with Crippen molar-refractivity contribution < 1.29 is 0 Å². The second-order valence-electron chi connectivity index (χ2n) is 11.9. The maximum atomic E-state index is 2.81. The molecule has 1 aliphatic rings. The molecule has 1 heterocycles. The summed E-state index contributed by atoms with van der Waals surface area (Å²) in [5, 5.41) is 0. The van der Waals surface area contributed by atoms with Crippen LogP contribution in [0.1, 0.15) is 187 Å². The molecule has 34 heavy (non-hydrogen) atoms. The van der Waals surface area contributed by atoms with Gasteiger partial charge in [-0.05, 0) is 44.7 Å². The Morgan fingerprint density at radius 1 is 0.471 bits per heavy atom. The number of hydrogen-bond donors (Lipinski definition) is 0. The second-order valence-corrected chi connectivity index (χ2v) is 11.9. The van der Waals surface area contributed by atoms with Crippen molar-refractivity contribution in [1.82, 2.24) is 4.90 Å². The van der Waals surface area contributed by atoms with Crippen LogP contribution >= 0.6 is 0 Å². The summed E-state index contributed by atoms with van der Waals surface area (Å²) >= 11 is 0. The van der Waals surface area contributed by atoms with Gasteiger partial charge in [0.05, 0.1) is 0 Å². The van der Waals surface area contributed by atoms with Crippen LogP contribution in [0.5, 0.6) is 0 Å². The van der Waals surface area contributed by atoms with E-state index in [4.69, 9.17) is 0 Å². The zero-order valence-corrected chi connectivity index (χ0v) is 24.2. The quantitative estimate of drug-likeness (QED) is 0.112. The zero-order chi connectivity index (χ0) is 24.4. The summed E-state index contributed by atoms with van der Waals surface area (Å²) in [5.41, 5.74) is 0. The Hall–Kier alpha value is -0.0400. The molecule has 0 N–H and O–H groups in total. The molecule has 1 atom stereocenters. The molecule has 1 rings (SSSR count). The van der Waals surface area contributed by atoms with Crippen LogP contribution in [0.25, 0.3) is 0 Å². The van der Waals surface area contributed by atoms with Gasteiger partial charge in [-0.1, -0.05) is 162 Å². The average Bonchev–Trinajstić information content (AvgIpc) is 2.85. The van der Waals surface area contributed by atoms with Crippen LogP contribution in [-0.2, 0) is 0 Å². The van der Waals surface area contributed by atoms with E-state index in [1.165, 1.54) is 193 Å². The molecule has 0 bridgehead atoms. The van der Waals surface area contributed by atoms with Gasteiger partial charge in [-0.25, -0.2) is 0 Å². The SMILES string of the molecule is CCCCCCCCCCCCCCC1CCCN(CCCCCCCCCCCCCC)C1. The molecule has 0 aromatic carbocycles. The summed E-state index contributed by atoms with van der Waals surface area (Å²) in [6.07, 6.45) is 39.7. The summed E-state index contributed by atoms with van der Waals surface area (Å²) in [6.45, 7) is 8.80. The minimum Gasteiger partial charge on any atom is -0.303 e. The van der Waals surface area contributed by atoms with E-state index < -0.39 is 0 Å². The molecule has 1 nitrogen and oxygen atoms in total. The van der Waals surface area contributed by atoms with E-state index in [1.54, 1.807) is 0 Å². The molecule has 1 saturated heterocycles. The average molecular weight is 478 g/mol. The Morgan fingerprint density at radius 2 is 0.853 bits per heavy atom. The maximum absolute atomic E-state index is 2.81. The molecule has 1 heteroatoms. The summed E-state index contributed by atoms with van der Waals surface area (Å²) in [6, 6.07) is 0. The fraction of sp³-hybridized carbons (Fsp3) is 1.00. The van der Waals surface area contributed by atoms with Crippen molar-refractivity contribution in [2.75, 3.05) is 19.6 Å². The summed E-state index contributed by atoms with van der Waals surface area (Å²) in [7, 11) is 0. The van der Waals surface area contributed by atoms with Gasteiger partial charge in [-0.15, -0.1) is 0 Å². The monoisotopic (exact) mass is 478 g/mol. The molecule has 1 aliphatic heterocycles. The van der Waals surface area contributed by atoms with E-state index in [1.807, 2.05) is 0 Å². The minimum absolute atomic E-state index is 1.01. The first kappa shape index (κ1) is 32.0. The third kappa shape index (κ3) is 21.3. The molecule has 0 aliphatic carbocycles. The lowest BCUT2D eigenvalue weighted by Gasteiger charge is -2.32. The van der Waals surface area contributed by atoms with Gasteiger partial charge in [0.15, 0.2) is 0 Å². The smallest absolute Gasteiger partial charge is 0.000966 e. The number of rotatable bonds is 26. The molecule has 0 radical (unpaired) electrons. The van der Waals surface area contributed by atoms with Crippen LogP contribution in [0.2, 0.25) is 0 Å². The normalized spacial score (nSPS) is 16.9. The largest absolute Gasteiger partial charge is 0.303 e. The van der Waals surface area contributed by atoms with E-state index in [9.17, 15) is 0 Å². The second kappa shape index (κ2) is 26.0. The highest BCUT2D eigenvalue weighted by atomic mass is 15.1. The first-order valence-electron chi connectivity index (χ1n) is 16.6. The van der Waals surface area contributed by atoms with Crippen LogP contribution in [0.4, 0.5) is 0 Å². The molecule has 204 valence electrons. The molecule has 0 aromatic heterocycles. The lowest BCUT2D eigenvalue weighted by Crippen LogP contribution is -2.36. The molecule has 0 amide bonds. The molecule has 1 fully saturated rings. The molecule has 0 saturated carbocycles. The highest BCUT2D eigenvalue weighted by molar-refractivity contribution is 4.73. The Kier molecular flexibility index (Phi) is 24.5. The van der Waals surface area contributed by atoms with Crippen molar-refractivity contribution in [3.63, 3.8) is 0 Å². The van der Waals surface area contributed by atoms with Crippen LogP contribution < -0.4 is 0 Å². The van der Waals surface area contributed by atoms with Gasteiger partial charge in [0.25, 0.3) is 0 Å². The Balaban J connectivity index is 1.83. The number of unbranched alkanes of at least 4 members (excludes halogenated alkanes) is 22. The highest BCUT2D eigenvalue weighted by Crippen LogP contribution is 2.23. The van der Waals surface area contributed by atoms with Gasteiger partial charge in [0, 0.05) is 6.54 Å². The molecular formula is C33H67N. The fourth-order valence-electron chi connectivity index (χ4n) is 6.04. The molecular weight excluding hydrogens is 410 g/mol. The Bertz CT molecular complexity index is 345. The lowest BCUT2D eigenvalue weighted by atomic mass is 9.92. The van der Waals surface area contributed by atoms with E-state index in [0.29, 0.717) is 0 Å². The van der Waals surface area contributed by atoms with Crippen molar-refractivity contribution in [2.45, 2.75) is 187 Å². The summed E-state index contributed by atoms with van der Waals surface area (Å²) < 4.78 is 0. The molecule has 0 spiro atoms. The summed E-state index contributed by atoms with van der Waals surface area (Å²) in [5.74, 6) is 1.01. The van der Waals surface area contributed by atoms with Crippen molar-refractivity contribution in [2.24, 2.45) is 5.92 Å². The lowest BCUT2D eigenvalue weighted by molar-refractivity contribution is 0.163. The first-order chi connectivity index (χ1) is 16.9. The first-order valence-corrected chi connectivity index (χ1v) is 16.6. The predicted molar refractivity (Wildman–Crippen MR) is 156 cm³/mol. The minimum atomic E-state index is 1.01. The molecule has 0 aromatic rings. The van der Waals surface area contributed by atoms with E-state index in [2.05, 4.69) is 18.7 Å². The van der Waals surface area contributed by atoms with Gasteiger partial charge >= 0.3 is 0 Å². The van der Waals surface area contributed by atoms with Crippen LogP contribution in [0.15, 0.2) is 0 Å². The zero-order valence-electron chi connectivity index (χ0n) is 24.2. The topological polar surface area (TPSA) is 3.24 Å². The third-order valence-corrected chi connectivity index (χ3v) is 8.40. The van der Waals surface area contributed by atoms with Crippen LogP contribution in [0, 0.1) is 5.92 Å². The van der Waals surface area contributed by atoms with Gasteiger partial charge in [-0.2, -0.15) is 0 Å². The third-order valence-electron chi connectivity index (χ3n) is 8.40. The van der Waals surface area contributed by atoms with Crippen LogP contribution in [0.3, 0.4) is 0 Å². The van der Waals surface area contributed by atoms with E-state index in [-0.39, 0.29) is 0 Å². The van der Waals surface area contributed by atoms with Crippen molar-refractivity contribution in [3.05, 3.63) is 0 Å². The Labute approximate surface area is 217 Å². The fourth-order valence-corrected chi connectivity index (χ4v) is 6.04. The van der Waals surface area contributed by atoms with Gasteiger partial charge in [0.2, 0.25) is 0 Å². The van der Waals surface area contributed by atoms with E-state index in [0.717, 1.165) is 5.92 Å². The highest BCUT2D eigenvalue weighted by Gasteiger charge is 2.18. The van der Waals surface area contributed by atoms with Crippen molar-refractivity contribution >= 4 is 0 Å². The van der Waals surface area contributed by atoms with Crippen molar-refractivity contribution in [3.8, 4) is 0 Å².